The summed E-state index contributed by atoms with van der Waals surface area (Å²) in [4.78, 5) is 27.1. The molecule has 0 spiro atoms. The zero-order chi connectivity index (χ0) is 17.8. The largest absolute Gasteiger partial charge is 0.477 e. The van der Waals surface area contributed by atoms with E-state index >= 15 is 0 Å². The van der Waals surface area contributed by atoms with Gasteiger partial charge in [0, 0.05) is 12.1 Å². The van der Waals surface area contributed by atoms with Crippen LogP contribution >= 0.6 is 11.3 Å². The fourth-order valence-electron chi connectivity index (χ4n) is 1.98. The summed E-state index contributed by atoms with van der Waals surface area (Å²) in [5.41, 5.74) is -0.154. The molecule has 0 aliphatic heterocycles. The summed E-state index contributed by atoms with van der Waals surface area (Å²) in [6.07, 6.45) is 0. The number of aromatic nitrogens is 2. The third-order valence-corrected chi connectivity index (χ3v) is 4.00. The van der Waals surface area contributed by atoms with Crippen LogP contribution in [0.25, 0.3) is 10.7 Å². The fourth-order valence-corrected chi connectivity index (χ4v) is 2.63. The second kappa shape index (κ2) is 7.09. The summed E-state index contributed by atoms with van der Waals surface area (Å²) in [5, 5.41) is 16.8. The number of hydrogen-bond donors (Lipinski definition) is 0. The highest BCUT2D eigenvalue weighted by Gasteiger charge is 2.20. The number of esters is 1. The molecule has 128 valence electrons. The van der Waals surface area contributed by atoms with Crippen LogP contribution in [0.4, 0.5) is 5.69 Å². The molecular weight excluding hydrogens is 350 g/mol. The van der Waals surface area contributed by atoms with Crippen molar-refractivity contribution < 1.29 is 23.7 Å². The van der Waals surface area contributed by atoms with Crippen molar-refractivity contribution in [3.8, 4) is 16.5 Å². The summed E-state index contributed by atoms with van der Waals surface area (Å²) in [6.45, 7) is -0.177. The van der Waals surface area contributed by atoms with Gasteiger partial charge in [-0.25, -0.2) is 4.79 Å². The molecule has 0 saturated carbocycles. The Morgan fingerprint density at radius 3 is 2.92 bits per heavy atom. The van der Waals surface area contributed by atoms with Crippen molar-refractivity contribution >= 4 is 23.0 Å². The highest BCUT2D eigenvalue weighted by Crippen LogP contribution is 2.29. The SMILES string of the molecule is COC(=O)c1ccc([N+](=O)[O-])c(OCc2nc(-c3cccs3)no2)c1. The van der Waals surface area contributed by atoms with Gasteiger partial charge in [-0.05, 0) is 17.5 Å². The summed E-state index contributed by atoms with van der Waals surface area (Å²) < 4.78 is 15.1. The van der Waals surface area contributed by atoms with E-state index in [1.54, 1.807) is 0 Å². The summed E-state index contributed by atoms with van der Waals surface area (Å²) in [6, 6.07) is 7.39. The van der Waals surface area contributed by atoms with Gasteiger partial charge in [0.25, 0.3) is 5.89 Å². The van der Waals surface area contributed by atoms with Gasteiger partial charge in [0.15, 0.2) is 12.4 Å². The molecule has 10 heteroatoms. The molecule has 0 bridgehead atoms. The van der Waals surface area contributed by atoms with Gasteiger partial charge in [0.1, 0.15) is 0 Å². The third-order valence-electron chi connectivity index (χ3n) is 3.14. The smallest absolute Gasteiger partial charge is 0.337 e. The van der Waals surface area contributed by atoms with Crippen molar-refractivity contribution in [2.45, 2.75) is 6.61 Å². The molecule has 0 amide bonds. The molecule has 3 aromatic rings. The molecule has 0 fully saturated rings. The van der Waals surface area contributed by atoms with Crippen LogP contribution in [0.5, 0.6) is 5.75 Å². The molecule has 0 N–H and O–H groups in total. The lowest BCUT2D eigenvalue weighted by Crippen LogP contribution is -2.04. The average molecular weight is 361 g/mol. The van der Waals surface area contributed by atoms with Crippen LogP contribution in [0.2, 0.25) is 0 Å². The van der Waals surface area contributed by atoms with E-state index < -0.39 is 10.9 Å². The first-order valence-corrected chi connectivity index (χ1v) is 7.82. The maximum Gasteiger partial charge on any atom is 0.337 e. The number of nitrogens with zero attached hydrogens (tertiary/aromatic N) is 3. The predicted molar refractivity (Wildman–Crippen MR) is 86.4 cm³/mol. The molecule has 1 aromatic carbocycles. The van der Waals surface area contributed by atoms with Crippen molar-refractivity contribution in [2.75, 3.05) is 7.11 Å². The quantitative estimate of drug-likeness (QED) is 0.373. The number of rotatable bonds is 6. The lowest BCUT2D eigenvalue weighted by atomic mass is 10.2. The average Bonchev–Trinajstić information content (AvgIpc) is 3.30. The molecule has 0 unspecified atom stereocenters. The standard InChI is InChI=1S/C15H11N3O6S/c1-22-15(19)9-4-5-10(18(20)21)11(7-9)23-8-13-16-14(17-24-13)12-3-2-6-25-12/h2-7H,8H2,1H3. The number of nitro groups is 1. The van der Waals surface area contributed by atoms with E-state index in [-0.39, 0.29) is 29.5 Å². The fraction of sp³-hybridized carbons (Fsp3) is 0.133. The molecule has 25 heavy (non-hydrogen) atoms. The van der Waals surface area contributed by atoms with Crippen LogP contribution in [0.3, 0.4) is 0 Å². The number of thiophene rings is 1. The number of nitro benzene ring substituents is 1. The second-order valence-electron chi connectivity index (χ2n) is 4.71. The number of ether oxygens (including phenoxy) is 2. The van der Waals surface area contributed by atoms with Crippen LogP contribution in [0.1, 0.15) is 16.2 Å². The molecule has 2 aromatic heterocycles. The zero-order valence-corrected chi connectivity index (χ0v) is 13.7. The number of methoxy groups -OCH3 is 1. The Morgan fingerprint density at radius 2 is 2.24 bits per heavy atom. The van der Waals surface area contributed by atoms with E-state index in [2.05, 4.69) is 14.9 Å². The van der Waals surface area contributed by atoms with Crippen molar-refractivity contribution in [3.63, 3.8) is 0 Å². The Kier molecular flexibility index (Phi) is 4.70. The minimum Gasteiger partial charge on any atom is -0.477 e. The Hall–Kier alpha value is -3.27. The first-order valence-electron chi connectivity index (χ1n) is 6.94. The zero-order valence-electron chi connectivity index (χ0n) is 12.9. The topological polar surface area (TPSA) is 118 Å². The number of carbonyl (C=O) groups excluding carboxylic acids is 1. The number of benzene rings is 1. The maximum absolute atomic E-state index is 11.6. The lowest BCUT2D eigenvalue weighted by Gasteiger charge is -2.06. The molecule has 0 aliphatic carbocycles. The summed E-state index contributed by atoms with van der Waals surface area (Å²) in [7, 11) is 1.22. The van der Waals surface area contributed by atoms with E-state index in [4.69, 9.17) is 9.26 Å². The van der Waals surface area contributed by atoms with Crippen molar-refractivity contribution in [1.29, 1.82) is 0 Å². The normalized spacial score (nSPS) is 10.4. The van der Waals surface area contributed by atoms with Gasteiger partial charge in [-0.3, -0.25) is 10.1 Å². The van der Waals surface area contributed by atoms with Crippen LogP contribution in [0.15, 0.2) is 40.2 Å². The molecule has 0 atom stereocenters. The van der Waals surface area contributed by atoms with Gasteiger partial charge in [-0.1, -0.05) is 11.2 Å². The molecule has 2 heterocycles. The van der Waals surface area contributed by atoms with Crippen LogP contribution < -0.4 is 4.74 Å². The Labute approximate surface area is 145 Å². The van der Waals surface area contributed by atoms with E-state index in [0.717, 1.165) is 4.88 Å². The second-order valence-corrected chi connectivity index (χ2v) is 5.66. The minimum atomic E-state index is -0.627. The van der Waals surface area contributed by atoms with Gasteiger partial charge in [-0.2, -0.15) is 4.98 Å². The first-order chi connectivity index (χ1) is 12.1. The molecule has 0 aliphatic rings. The first kappa shape index (κ1) is 16.6. The van der Waals surface area contributed by atoms with Gasteiger partial charge in [-0.15, -0.1) is 11.3 Å². The van der Waals surface area contributed by atoms with Crippen LogP contribution in [0, 0.1) is 10.1 Å². The van der Waals surface area contributed by atoms with Crippen molar-refractivity contribution in [1.82, 2.24) is 10.1 Å². The van der Waals surface area contributed by atoms with Crippen LogP contribution in [-0.4, -0.2) is 28.1 Å². The van der Waals surface area contributed by atoms with Gasteiger partial charge < -0.3 is 14.0 Å². The molecule has 9 nitrogen and oxygen atoms in total. The van der Waals surface area contributed by atoms with E-state index in [1.165, 1.54) is 36.6 Å². The number of hydrogen-bond acceptors (Lipinski definition) is 9. The highest BCUT2D eigenvalue weighted by atomic mass is 32.1. The molecule has 0 radical (unpaired) electrons. The monoisotopic (exact) mass is 361 g/mol. The molecule has 0 saturated heterocycles. The van der Waals surface area contributed by atoms with E-state index in [0.29, 0.717) is 5.82 Å². The Morgan fingerprint density at radius 1 is 1.40 bits per heavy atom. The highest BCUT2D eigenvalue weighted by molar-refractivity contribution is 7.13. The Bertz CT molecular complexity index is 906. The van der Waals surface area contributed by atoms with Gasteiger partial charge in [0.2, 0.25) is 5.82 Å². The lowest BCUT2D eigenvalue weighted by molar-refractivity contribution is -0.386. The molecule has 3 rings (SSSR count). The van der Waals surface area contributed by atoms with E-state index in [9.17, 15) is 14.9 Å². The predicted octanol–water partition coefficient (Wildman–Crippen LogP) is 3.07. The van der Waals surface area contributed by atoms with Crippen molar-refractivity contribution in [2.24, 2.45) is 0 Å². The summed E-state index contributed by atoms with van der Waals surface area (Å²) >= 11 is 1.45. The van der Waals surface area contributed by atoms with Gasteiger partial charge in [0.05, 0.1) is 22.5 Å². The minimum absolute atomic E-state index is 0.0937. The summed E-state index contributed by atoms with van der Waals surface area (Å²) in [5.74, 6) is -0.158. The van der Waals surface area contributed by atoms with Gasteiger partial charge >= 0.3 is 11.7 Å². The number of carbonyl (C=O) groups is 1. The maximum atomic E-state index is 11.6. The van der Waals surface area contributed by atoms with Crippen molar-refractivity contribution in [3.05, 3.63) is 57.3 Å². The Balaban J connectivity index is 1.80. The van der Waals surface area contributed by atoms with E-state index in [1.807, 2.05) is 17.5 Å². The molecular formula is C15H11N3O6S. The third kappa shape index (κ3) is 3.63. The van der Waals surface area contributed by atoms with Crippen LogP contribution in [-0.2, 0) is 11.3 Å².